The highest BCUT2D eigenvalue weighted by Gasteiger charge is 2.24. The fourth-order valence-corrected chi connectivity index (χ4v) is 4.82. The van der Waals surface area contributed by atoms with Gasteiger partial charge in [-0.25, -0.2) is 4.39 Å². The molecule has 36 heavy (non-hydrogen) atoms. The van der Waals surface area contributed by atoms with E-state index in [1.54, 1.807) is 19.1 Å². The van der Waals surface area contributed by atoms with E-state index in [1.807, 2.05) is 36.9 Å². The van der Waals surface area contributed by atoms with Gasteiger partial charge in [0.1, 0.15) is 5.82 Å². The van der Waals surface area contributed by atoms with Crippen LogP contribution in [0.4, 0.5) is 10.1 Å². The lowest BCUT2D eigenvalue weighted by molar-refractivity contribution is -0.116. The summed E-state index contributed by atoms with van der Waals surface area (Å²) < 4.78 is 13.4. The maximum absolute atomic E-state index is 13.4. The number of halogens is 1. The highest BCUT2D eigenvalue weighted by atomic mass is 19.1. The lowest BCUT2D eigenvalue weighted by Crippen LogP contribution is -2.37. The molecule has 1 N–H and O–H groups in total. The normalized spacial score (nSPS) is 16.1. The zero-order chi connectivity index (χ0) is 26.3. The van der Waals surface area contributed by atoms with Crippen molar-refractivity contribution in [2.75, 3.05) is 24.5 Å². The molecule has 2 aromatic rings. The van der Waals surface area contributed by atoms with E-state index in [1.165, 1.54) is 25.0 Å². The Morgan fingerprint density at radius 2 is 1.61 bits per heavy atom. The van der Waals surface area contributed by atoms with E-state index in [4.69, 9.17) is 0 Å². The van der Waals surface area contributed by atoms with E-state index in [9.17, 15) is 14.0 Å². The van der Waals surface area contributed by atoms with Crippen LogP contribution in [-0.4, -0.2) is 42.4 Å². The van der Waals surface area contributed by atoms with Crippen LogP contribution >= 0.6 is 0 Å². The molecule has 3 rings (SSSR count). The van der Waals surface area contributed by atoms with Crippen molar-refractivity contribution in [1.82, 2.24) is 10.2 Å². The number of rotatable bonds is 5. The molecule has 0 aromatic heterocycles. The molecule has 0 radical (unpaired) electrons. The summed E-state index contributed by atoms with van der Waals surface area (Å²) >= 11 is 0. The van der Waals surface area contributed by atoms with Crippen molar-refractivity contribution in [3.8, 4) is 0 Å². The molecule has 0 atom stereocenters. The summed E-state index contributed by atoms with van der Waals surface area (Å²) in [5.41, 5.74) is 3.11. The highest BCUT2D eigenvalue weighted by Crippen LogP contribution is 2.27. The molecule has 0 aliphatic carbocycles. The maximum Gasteiger partial charge on any atom is 0.251 e. The molecule has 196 valence electrons. The molecule has 0 spiro atoms. The molecule has 1 heterocycles. The van der Waals surface area contributed by atoms with Gasteiger partial charge in [0.15, 0.2) is 0 Å². The first kappa shape index (κ1) is 27.9. The smallest absolute Gasteiger partial charge is 0.251 e. The van der Waals surface area contributed by atoms with E-state index in [2.05, 4.69) is 24.1 Å². The molecule has 0 saturated carbocycles. The average Bonchev–Trinajstić information content (AvgIpc) is 2.82. The van der Waals surface area contributed by atoms with Gasteiger partial charge in [-0.3, -0.25) is 14.5 Å². The van der Waals surface area contributed by atoms with E-state index in [0.29, 0.717) is 31.2 Å². The molecule has 5 nitrogen and oxygen atoms in total. The predicted molar refractivity (Wildman–Crippen MR) is 145 cm³/mol. The predicted octanol–water partition coefficient (Wildman–Crippen LogP) is 6.06. The van der Waals surface area contributed by atoms with Gasteiger partial charge in [0.25, 0.3) is 5.91 Å². The second kappa shape index (κ2) is 12.5. The van der Waals surface area contributed by atoms with Gasteiger partial charge >= 0.3 is 0 Å². The molecule has 2 aromatic carbocycles. The topological polar surface area (TPSA) is 52.7 Å². The second-order valence-corrected chi connectivity index (χ2v) is 10.9. The first-order chi connectivity index (χ1) is 17.1. The standard InChI is InChI=1S/C30H42FN3O2/c1-22(2)33-17-9-7-6-8-10-18-34(23(3)35)28-16-11-24(19-25(28)20-33)29(36)32-21-30(4,5)26-12-14-27(31)15-13-26/h11-16,19,22H,6-10,17-18,20-21H2,1-5H3,(H,32,36). The summed E-state index contributed by atoms with van der Waals surface area (Å²) in [7, 11) is 0. The molecule has 0 saturated heterocycles. The van der Waals surface area contributed by atoms with Crippen LogP contribution in [0.25, 0.3) is 0 Å². The number of amides is 2. The van der Waals surface area contributed by atoms with Crippen LogP contribution in [0, 0.1) is 5.82 Å². The molecular weight excluding hydrogens is 453 g/mol. The van der Waals surface area contributed by atoms with Crippen molar-refractivity contribution in [3.63, 3.8) is 0 Å². The van der Waals surface area contributed by atoms with Gasteiger partial charge in [-0.05, 0) is 74.7 Å². The van der Waals surface area contributed by atoms with Crippen LogP contribution in [0.15, 0.2) is 42.5 Å². The minimum absolute atomic E-state index is 0.0302. The molecule has 1 aliphatic heterocycles. The Balaban J connectivity index is 1.86. The van der Waals surface area contributed by atoms with Crippen molar-refractivity contribution < 1.29 is 14.0 Å². The number of hydrogen-bond acceptors (Lipinski definition) is 3. The first-order valence-electron chi connectivity index (χ1n) is 13.3. The van der Waals surface area contributed by atoms with E-state index in [-0.39, 0.29) is 23.0 Å². The minimum atomic E-state index is -0.347. The number of carbonyl (C=O) groups excluding carboxylic acids is 2. The number of anilines is 1. The Bertz CT molecular complexity index is 1030. The first-order valence-corrected chi connectivity index (χ1v) is 13.3. The van der Waals surface area contributed by atoms with Crippen molar-refractivity contribution >= 4 is 17.5 Å². The molecular formula is C30H42FN3O2. The van der Waals surface area contributed by atoms with E-state index < -0.39 is 0 Å². The summed E-state index contributed by atoms with van der Waals surface area (Å²) in [6, 6.07) is 12.5. The average molecular weight is 496 g/mol. The summed E-state index contributed by atoms with van der Waals surface area (Å²) in [4.78, 5) is 30.1. The summed E-state index contributed by atoms with van der Waals surface area (Å²) in [5, 5.41) is 3.07. The second-order valence-electron chi connectivity index (χ2n) is 10.9. The summed E-state index contributed by atoms with van der Waals surface area (Å²) in [6.45, 7) is 12.9. The third-order valence-corrected chi connectivity index (χ3v) is 7.26. The SMILES string of the molecule is CC(=O)N1CCCCCCCN(C(C)C)Cc2cc(C(=O)NCC(C)(C)c3ccc(F)cc3)ccc21. The van der Waals surface area contributed by atoms with Crippen molar-refractivity contribution in [2.45, 2.75) is 84.7 Å². The van der Waals surface area contributed by atoms with Gasteiger partial charge in [0.05, 0.1) is 0 Å². The van der Waals surface area contributed by atoms with Gasteiger partial charge in [0.2, 0.25) is 5.91 Å². The van der Waals surface area contributed by atoms with Gasteiger partial charge < -0.3 is 10.2 Å². The van der Waals surface area contributed by atoms with Crippen molar-refractivity contribution in [3.05, 3.63) is 65.0 Å². The van der Waals surface area contributed by atoms with E-state index in [0.717, 1.165) is 42.6 Å². The fourth-order valence-electron chi connectivity index (χ4n) is 4.82. The van der Waals surface area contributed by atoms with Crippen LogP contribution in [0.5, 0.6) is 0 Å². The van der Waals surface area contributed by atoms with Crippen LogP contribution in [0.1, 0.15) is 88.2 Å². The molecule has 1 aliphatic rings. The third-order valence-electron chi connectivity index (χ3n) is 7.26. The monoisotopic (exact) mass is 495 g/mol. The zero-order valence-electron chi connectivity index (χ0n) is 22.6. The summed E-state index contributed by atoms with van der Waals surface area (Å²) in [6.07, 6.45) is 5.64. The number of nitrogens with zero attached hydrogens (tertiary/aromatic N) is 2. The molecule has 2 amide bonds. The van der Waals surface area contributed by atoms with Crippen LogP contribution < -0.4 is 10.2 Å². The van der Waals surface area contributed by atoms with Gasteiger partial charge in [-0.2, -0.15) is 0 Å². The molecule has 0 unspecified atom stereocenters. The van der Waals surface area contributed by atoms with Crippen LogP contribution in [0.3, 0.4) is 0 Å². The molecule has 0 bridgehead atoms. The quantitative estimate of drug-likeness (QED) is 0.549. The molecule has 0 fully saturated rings. The van der Waals surface area contributed by atoms with Crippen LogP contribution in [-0.2, 0) is 16.8 Å². The van der Waals surface area contributed by atoms with Crippen LogP contribution in [0.2, 0.25) is 0 Å². The Hall–Kier alpha value is -2.73. The lowest BCUT2D eigenvalue weighted by atomic mass is 9.84. The number of fused-ring (bicyclic) bond motifs is 1. The Kier molecular flexibility index (Phi) is 9.66. The minimum Gasteiger partial charge on any atom is -0.351 e. The Labute approximate surface area is 216 Å². The van der Waals surface area contributed by atoms with E-state index >= 15 is 0 Å². The largest absolute Gasteiger partial charge is 0.351 e. The maximum atomic E-state index is 13.4. The zero-order valence-corrected chi connectivity index (χ0v) is 22.6. The lowest BCUT2D eigenvalue weighted by Gasteiger charge is -2.31. The summed E-state index contributed by atoms with van der Waals surface area (Å²) in [5.74, 6) is -0.389. The number of hydrogen-bond donors (Lipinski definition) is 1. The Morgan fingerprint density at radius 3 is 2.25 bits per heavy atom. The highest BCUT2D eigenvalue weighted by molar-refractivity contribution is 5.97. The van der Waals surface area contributed by atoms with Gasteiger partial charge in [-0.15, -0.1) is 0 Å². The van der Waals surface area contributed by atoms with Gasteiger partial charge in [-0.1, -0.05) is 45.2 Å². The van der Waals surface area contributed by atoms with Crippen molar-refractivity contribution in [1.29, 1.82) is 0 Å². The number of carbonyl (C=O) groups is 2. The number of nitrogens with one attached hydrogen (secondary N) is 1. The number of benzene rings is 2. The Morgan fingerprint density at radius 1 is 0.972 bits per heavy atom. The third kappa shape index (κ3) is 7.39. The fraction of sp³-hybridized carbons (Fsp3) is 0.533. The van der Waals surface area contributed by atoms with Gasteiger partial charge in [0, 0.05) is 49.3 Å². The van der Waals surface area contributed by atoms with Crippen molar-refractivity contribution in [2.24, 2.45) is 0 Å². The molecule has 6 heteroatoms.